The lowest BCUT2D eigenvalue weighted by Gasteiger charge is -2.20. The van der Waals surface area contributed by atoms with Crippen LogP contribution in [0.25, 0.3) is 11.4 Å². The van der Waals surface area contributed by atoms with Crippen LogP contribution in [0.1, 0.15) is 44.1 Å². The molecule has 2 atom stereocenters. The van der Waals surface area contributed by atoms with Crippen LogP contribution in [0.2, 0.25) is 0 Å². The highest BCUT2D eigenvalue weighted by Gasteiger charge is 2.24. The molecule has 2 unspecified atom stereocenters. The van der Waals surface area contributed by atoms with Gasteiger partial charge in [0.25, 0.3) is 0 Å². The summed E-state index contributed by atoms with van der Waals surface area (Å²) in [7, 11) is 1.44. The average molecular weight is 670 g/mol. The van der Waals surface area contributed by atoms with Gasteiger partial charge in [-0.3, -0.25) is 43.5 Å². The van der Waals surface area contributed by atoms with E-state index in [1.807, 2.05) is 6.07 Å². The zero-order chi connectivity index (χ0) is 35.3. The largest absolute Gasteiger partial charge is 0.481 e. The third kappa shape index (κ3) is 15.2. The molecule has 0 aromatic carbocycles. The van der Waals surface area contributed by atoms with Gasteiger partial charge in [0.15, 0.2) is 0 Å². The van der Waals surface area contributed by atoms with Gasteiger partial charge in [0.05, 0.1) is 11.4 Å². The van der Waals surface area contributed by atoms with Crippen LogP contribution >= 0.6 is 0 Å². The van der Waals surface area contributed by atoms with Gasteiger partial charge < -0.3 is 42.7 Å². The number of rotatable bonds is 21. The number of pyridine rings is 2. The smallest absolute Gasteiger partial charge is 0.303 e. The van der Waals surface area contributed by atoms with Gasteiger partial charge in [0.1, 0.15) is 12.1 Å². The van der Waals surface area contributed by atoms with Crippen LogP contribution in [0.3, 0.4) is 0 Å². The predicted octanol–water partition coefficient (Wildman–Crippen LogP) is -1.87. The van der Waals surface area contributed by atoms with Gasteiger partial charge >= 0.3 is 5.97 Å². The van der Waals surface area contributed by atoms with Crippen LogP contribution in [0.4, 0.5) is 0 Å². The molecule has 17 nitrogen and oxygen atoms in total. The Morgan fingerprint density at radius 2 is 1.31 bits per heavy atom. The van der Waals surface area contributed by atoms with Crippen molar-refractivity contribution >= 4 is 41.4 Å². The average Bonchev–Trinajstić information content (AvgIpc) is 3.06. The molecule has 6 amide bonds. The van der Waals surface area contributed by atoms with Crippen molar-refractivity contribution < 1.29 is 38.7 Å². The van der Waals surface area contributed by atoms with Crippen molar-refractivity contribution in [2.24, 2.45) is 5.73 Å². The van der Waals surface area contributed by atoms with E-state index in [1.165, 1.54) is 7.05 Å². The summed E-state index contributed by atoms with van der Waals surface area (Å²) in [5.74, 6) is -4.14. The van der Waals surface area contributed by atoms with Crippen molar-refractivity contribution in [2.45, 2.75) is 57.0 Å². The standard InChI is InChI=1S/C31H43N9O8/c1-33-25(41)9-16-37-30(47)22(5-6-29(45)46)39-27(43)11-17-38-31(48)24(40-28(44)10-15-36-26(42)7-12-32)19-20-8-14-35-23(18-20)21-4-2-3-13-34-21/h2-4,8,13-14,18,22,24H,5-7,9-12,15-17,19,32H2,1H3,(H,33,41)(H,36,42)(H,37,47)(H,38,48)(H,39,43)(H,40,44)(H,45,46). The summed E-state index contributed by atoms with van der Waals surface area (Å²) >= 11 is 0. The lowest BCUT2D eigenvalue weighted by atomic mass is 10.0. The number of nitrogens with one attached hydrogen (secondary N) is 6. The van der Waals surface area contributed by atoms with Crippen LogP contribution in [0, 0.1) is 0 Å². The Bertz CT molecular complexity index is 1410. The first-order valence-electron chi connectivity index (χ1n) is 15.4. The van der Waals surface area contributed by atoms with Gasteiger partial charge in [-0.2, -0.15) is 0 Å². The molecule has 0 saturated carbocycles. The SMILES string of the molecule is CNC(=O)CCNC(=O)C(CCC(=O)O)NC(=O)CCNC(=O)C(Cc1ccnc(-c2ccccn2)c1)NC(=O)CCNC(=O)CCN. The first-order valence-corrected chi connectivity index (χ1v) is 15.4. The zero-order valence-electron chi connectivity index (χ0n) is 26.8. The van der Waals surface area contributed by atoms with Crippen molar-refractivity contribution in [3.63, 3.8) is 0 Å². The van der Waals surface area contributed by atoms with Crippen LogP contribution in [-0.2, 0) is 40.0 Å². The van der Waals surface area contributed by atoms with E-state index in [1.54, 1.807) is 36.7 Å². The minimum Gasteiger partial charge on any atom is -0.481 e. The molecule has 17 heteroatoms. The summed E-state index contributed by atoms with van der Waals surface area (Å²) in [4.78, 5) is 94.0. The van der Waals surface area contributed by atoms with Crippen molar-refractivity contribution in [3.8, 4) is 11.4 Å². The van der Waals surface area contributed by atoms with Crippen molar-refractivity contribution in [1.29, 1.82) is 0 Å². The molecule has 2 heterocycles. The molecule has 0 spiro atoms. The molecule has 0 fully saturated rings. The predicted molar refractivity (Wildman–Crippen MR) is 173 cm³/mol. The molecular formula is C31H43N9O8. The van der Waals surface area contributed by atoms with Crippen LogP contribution in [0.15, 0.2) is 42.7 Å². The molecule has 0 bridgehead atoms. The monoisotopic (exact) mass is 669 g/mol. The van der Waals surface area contributed by atoms with E-state index >= 15 is 0 Å². The van der Waals surface area contributed by atoms with Gasteiger partial charge in [-0.25, -0.2) is 0 Å². The summed E-state index contributed by atoms with van der Waals surface area (Å²) in [6, 6.07) is 6.55. The maximum atomic E-state index is 13.3. The second-order valence-corrected chi connectivity index (χ2v) is 10.5. The summed E-state index contributed by atoms with van der Waals surface area (Å²) in [6.07, 6.45) is 2.43. The fraction of sp³-hybridized carbons (Fsp3) is 0.452. The normalized spacial score (nSPS) is 11.7. The van der Waals surface area contributed by atoms with Gasteiger partial charge in [-0.15, -0.1) is 0 Å². The van der Waals surface area contributed by atoms with Crippen molar-refractivity contribution in [3.05, 3.63) is 48.3 Å². The molecule has 2 rings (SSSR count). The number of amides is 6. The molecule has 0 radical (unpaired) electrons. The van der Waals surface area contributed by atoms with Gasteiger partial charge in [0, 0.05) is 84.1 Å². The molecule has 9 N–H and O–H groups in total. The molecule has 2 aromatic rings. The third-order valence-electron chi connectivity index (χ3n) is 6.77. The highest BCUT2D eigenvalue weighted by Crippen LogP contribution is 2.16. The summed E-state index contributed by atoms with van der Waals surface area (Å²) in [5, 5.41) is 24.3. The topological polar surface area (TPSA) is 264 Å². The van der Waals surface area contributed by atoms with Crippen LogP contribution in [0.5, 0.6) is 0 Å². The van der Waals surface area contributed by atoms with Crippen molar-refractivity contribution in [1.82, 2.24) is 41.9 Å². The Kier molecular flexibility index (Phi) is 17.2. The highest BCUT2D eigenvalue weighted by atomic mass is 16.4. The minimum absolute atomic E-state index is 0.00154. The van der Waals surface area contributed by atoms with E-state index in [0.717, 1.165) is 0 Å². The fourth-order valence-electron chi connectivity index (χ4n) is 4.28. The first-order chi connectivity index (χ1) is 23.0. The second kappa shape index (κ2) is 21.4. The van der Waals surface area contributed by atoms with Crippen molar-refractivity contribution in [2.75, 3.05) is 33.2 Å². The number of carbonyl (C=O) groups is 7. The molecule has 0 saturated heterocycles. The number of aliphatic carboxylic acids is 1. The van der Waals surface area contributed by atoms with E-state index in [2.05, 4.69) is 41.9 Å². The highest BCUT2D eigenvalue weighted by molar-refractivity contribution is 5.90. The number of aromatic nitrogens is 2. The van der Waals surface area contributed by atoms with Crippen LogP contribution < -0.4 is 37.6 Å². The number of carboxylic acid groups (broad SMARTS) is 1. The van der Waals surface area contributed by atoms with E-state index < -0.39 is 41.7 Å². The number of carboxylic acids is 1. The van der Waals surface area contributed by atoms with E-state index in [-0.39, 0.29) is 82.9 Å². The second-order valence-electron chi connectivity index (χ2n) is 10.5. The van der Waals surface area contributed by atoms with Gasteiger partial charge in [-0.1, -0.05) is 6.07 Å². The molecule has 0 aliphatic carbocycles. The van der Waals surface area contributed by atoms with E-state index in [9.17, 15) is 33.6 Å². The van der Waals surface area contributed by atoms with Crippen LogP contribution in [-0.4, -0.2) is 102 Å². The Balaban J connectivity index is 2.04. The quantitative estimate of drug-likeness (QED) is 0.0730. The Hall–Kier alpha value is -5.45. The molecule has 260 valence electrons. The maximum absolute atomic E-state index is 13.3. The fourth-order valence-corrected chi connectivity index (χ4v) is 4.28. The molecule has 48 heavy (non-hydrogen) atoms. The third-order valence-corrected chi connectivity index (χ3v) is 6.77. The summed E-state index contributed by atoms with van der Waals surface area (Å²) in [6.45, 7) is 0.0361. The number of nitrogens with two attached hydrogens (primary N) is 1. The number of nitrogens with zero attached hydrogens (tertiary/aromatic N) is 2. The first kappa shape index (κ1) is 38.7. The molecule has 0 aliphatic rings. The molecular weight excluding hydrogens is 626 g/mol. The van der Waals surface area contributed by atoms with Gasteiger partial charge in [0.2, 0.25) is 35.4 Å². The lowest BCUT2D eigenvalue weighted by molar-refractivity contribution is -0.138. The van der Waals surface area contributed by atoms with E-state index in [4.69, 9.17) is 10.8 Å². The number of hydrogen-bond donors (Lipinski definition) is 8. The number of carbonyl (C=O) groups excluding carboxylic acids is 6. The molecule has 0 aliphatic heterocycles. The summed E-state index contributed by atoms with van der Waals surface area (Å²) < 4.78 is 0. The molecule has 2 aromatic heterocycles. The van der Waals surface area contributed by atoms with E-state index in [0.29, 0.717) is 17.0 Å². The maximum Gasteiger partial charge on any atom is 0.303 e. The summed E-state index contributed by atoms with van der Waals surface area (Å²) in [5.41, 5.74) is 7.21. The Morgan fingerprint density at radius 3 is 1.92 bits per heavy atom. The minimum atomic E-state index is -1.17. The Morgan fingerprint density at radius 1 is 0.708 bits per heavy atom. The number of hydrogen-bond acceptors (Lipinski definition) is 10. The lowest BCUT2D eigenvalue weighted by Crippen LogP contribution is -2.50. The Labute approximate surface area is 277 Å². The van der Waals surface area contributed by atoms with Gasteiger partial charge in [-0.05, 0) is 36.2 Å². The zero-order valence-corrected chi connectivity index (χ0v) is 26.8.